The molecule has 4 N–H and O–H groups in total. The van der Waals surface area contributed by atoms with Gasteiger partial charge in [-0.1, -0.05) is 67.2 Å². The van der Waals surface area contributed by atoms with Crippen molar-refractivity contribution in [2.24, 2.45) is 11.5 Å². The summed E-state index contributed by atoms with van der Waals surface area (Å²) in [7, 11) is 0. The van der Waals surface area contributed by atoms with Gasteiger partial charge in [-0.15, -0.1) is 0 Å². The van der Waals surface area contributed by atoms with Crippen molar-refractivity contribution in [3.05, 3.63) is 84.1 Å². The molecular weight excluding hydrogens is 208 g/mol. The Kier molecular flexibility index (Phi) is 2.98. The maximum Gasteiger partial charge on any atom is 0.106 e. The topological polar surface area (TPSA) is 52.0 Å². The van der Waals surface area contributed by atoms with Crippen LogP contribution in [0.4, 0.5) is 0 Å². The third kappa shape index (κ3) is 1.95. The van der Waals surface area contributed by atoms with Crippen LogP contribution in [0.15, 0.2) is 72.9 Å². The molecule has 2 aromatic carbocycles. The lowest BCUT2D eigenvalue weighted by molar-refractivity contribution is 0.630. The highest BCUT2D eigenvalue weighted by molar-refractivity contribution is 5.45. The molecule has 2 nitrogen and oxygen atoms in total. The summed E-state index contributed by atoms with van der Waals surface area (Å²) < 4.78 is 0. The van der Waals surface area contributed by atoms with E-state index in [9.17, 15) is 0 Å². The zero-order chi connectivity index (χ0) is 12.3. The minimum Gasteiger partial charge on any atom is -0.400 e. The average molecular weight is 224 g/mol. The van der Waals surface area contributed by atoms with Gasteiger partial charge in [0.05, 0.1) is 0 Å². The van der Waals surface area contributed by atoms with E-state index >= 15 is 0 Å². The van der Waals surface area contributed by atoms with E-state index in [1.165, 1.54) is 0 Å². The van der Waals surface area contributed by atoms with Crippen LogP contribution in [0.25, 0.3) is 0 Å². The van der Waals surface area contributed by atoms with Crippen LogP contribution < -0.4 is 11.5 Å². The van der Waals surface area contributed by atoms with Crippen molar-refractivity contribution in [1.29, 1.82) is 0 Å². The molecule has 0 unspecified atom stereocenters. The van der Waals surface area contributed by atoms with E-state index < -0.39 is 5.54 Å². The fourth-order valence-electron chi connectivity index (χ4n) is 1.94. The molecule has 0 radical (unpaired) electrons. The second kappa shape index (κ2) is 4.44. The summed E-state index contributed by atoms with van der Waals surface area (Å²) in [5.74, 6) is 0. The molecule has 0 bridgehead atoms. The maximum absolute atomic E-state index is 6.46. The van der Waals surface area contributed by atoms with Crippen molar-refractivity contribution in [3.8, 4) is 0 Å². The Bertz CT molecular complexity index is 463. The van der Waals surface area contributed by atoms with E-state index in [0.717, 1.165) is 11.1 Å². The molecule has 2 heteroatoms. The van der Waals surface area contributed by atoms with Crippen molar-refractivity contribution >= 4 is 0 Å². The third-order valence-corrected chi connectivity index (χ3v) is 2.96. The third-order valence-electron chi connectivity index (χ3n) is 2.96. The quantitative estimate of drug-likeness (QED) is 0.841. The molecule has 2 rings (SSSR count). The molecule has 0 spiro atoms. The van der Waals surface area contributed by atoms with E-state index in [1.54, 1.807) is 0 Å². The molecule has 0 amide bonds. The van der Waals surface area contributed by atoms with E-state index in [2.05, 4.69) is 6.58 Å². The SMILES string of the molecule is C=C(N)C(N)(c1ccccc1)c1ccccc1. The lowest BCUT2D eigenvalue weighted by atomic mass is 9.81. The number of nitrogens with two attached hydrogens (primary N) is 2. The molecule has 0 aliphatic carbocycles. The molecule has 0 atom stereocenters. The maximum atomic E-state index is 6.46. The molecule has 0 aliphatic rings. The van der Waals surface area contributed by atoms with Gasteiger partial charge in [-0.05, 0) is 11.1 Å². The minimum atomic E-state index is -0.831. The van der Waals surface area contributed by atoms with Gasteiger partial charge >= 0.3 is 0 Å². The fraction of sp³-hybridized carbons (Fsp3) is 0.0667. The monoisotopic (exact) mass is 224 g/mol. The summed E-state index contributed by atoms with van der Waals surface area (Å²) in [4.78, 5) is 0. The number of benzene rings is 2. The normalized spacial score (nSPS) is 11.1. The summed E-state index contributed by atoms with van der Waals surface area (Å²) in [6.07, 6.45) is 0. The molecule has 17 heavy (non-hydrogen) atoms. The Labute approximate surface area is 102 Å². The Morgan fingerprint density at radius 2 is 1.18 bits per heavy atom. The lowest BCUT2D eigenvalue weighted by Crippen LogP contribution is -2.42. The summed E-state index contributed by atoms with van der Waals surface area (Å²) in [6.45, 7) is 3.83. The van der Waals surface area contributed by atoms with Gasteiger partial charge in [0.25, 0.3) is 0 Å². The molecule has 2 aromatic rings. The second-order valence-corrected chi connectivity index (χ2v) is 4.07. The summed E-state index contributed by atoms with van der Waals surface area (Å²) in [6, 6.07) is 19.5. The van der Waals surface area contributed by atoms with E-state index in [4.69, 9.17) is 11.5 Å². The van der Waals surface area contributed by atoms with Crippen molar-refractivity contribution in [2.45, 2.75) is 5.54 Å². The Morgan fingerprint density at radius 1 is 0.824 bits per heavy atom. The van der Waals surface area contributed by atoms with Gasteiger partial charge in [0.1, 0.15) is 5.54 Å². The van der Waals surface area contributed by atoms with Crippen LogP contribution in [-0.4, -0.2) is 0 Å². The molecule has 0 aliphatic heterocycles. The largest absolute Gasteiger partial charge is 0.400 e. The highest BCUT2D eigenvalue weighted by Gasteiger charge is 2.31. The zero-order valence-electron chi connectivity index (χ0n) is 9.64. The standard InChI is InChI=1S/C15H16N2/c1-12(16)15(17,13-8-4-2-5-9-13)14-10-6-3-7-11-14/h2-11H,1,16-17H2. The lowest BCUT2D eigenvalue weighted by Gasteiger charge is -2.30. The first-order valence-electron chi connectivity index (χ1n) is 5.50. The molecule has 0 fully saturated rings. The molecule has 0 saturated carbocycles. The van der Waals surface area contributed by atoms with Crippen LogP contribution in [0.3, 0.4) is 0 Å². The highest BCUT2D eigenvalue weighted by Crippen LogP contribution is 2.30. The fourth-order valence-corrected chi connectivity index (χ4v) is 1.94. The molecule has 0 heterocycles. The van der Waals surface area contributed by atoms with Gasteiger partial charge < -0.3 is 11.5 Å². The molecular formula is C15H16N2. The van der Waals surface area contributed by atoms with Crippen molar-refractivity contribution in [3.63, 3.8) is 0 Å². The van der Waals surface area contributed by atoms with Gasteiger partial charge in [-0.3, -0.25) is 0 Å². The summed E-state index contributed by atoms with van der Waals surface area (Å²) >= 11 is 0. The first kappa shape index (κ1) is 11.4. The van der Waals surface area contributed by atoms with Crippen molar-refractivity contribution < 1.29 is 0 Å². The first-order chi connectivity index (χ1) is 8.15. The Hall–Kier alpha value is -2.06. The van der Waals surface area contributed by atoms with Crippen LogP contribution in [-0.2, 0) is 5.54 Å². The molecule has 0 aromatic heterocycles. The average Bonchev–Trinajstić information content (AvgIpc) is 2.39. The first-order valence-corrected chi connectivity index (χ1v) is 5.50. The van der Waals surface area contributed by atoms with E-state index in [-0.39, 0.29) is 0 Å². The molecule has 0 saturated heterocycles. The number of hydrogen-bond donors (Lipinski definition) is 2. The minimum absolute atomic E-state index is 0.440. The number of rotatable bonds is 3. The van der Waals surface area contributed by atoms with Crippen LogP contribution >= 0.6 is 0 Å². The molecule has 86 valence electrons. The van der Waals surface area contributed by atoms with Gasteiger partial charge in [0, 0.05) is 5.70 Å². The second-order valence-electron chi connectivity index (χ2n) is 4.07. The Morgan fingerprint density at radius 3 is 1.47 bits per heavy atom. The van der Waals surface area contributed by atoms with Crippen LogP contribution in [0.1, 0.15) is 11.1 Å². The zero-order valence-corrected chi connectivity index (χ0v) is 9.64. The Balaban J connectivity index is 2.59. The summed E-state index contributed by atoms with van der Waals surface area (Å²) in [5.41, 5.74) is 13.9. The van der Waals surface area contributed by atoms with Crippen LogP contribution in [0.5, 0.6) is 0 Å². The number of hydrogen-bond acceptors (Lipinski definition) is 2. The van der Waals surface area contributed by atoms with Gasteiger partial charge in [-0.25, -0.2) is 0 Å². The van der Waals surface area contributed by atoms with E-state index in [1.807, 2.05) is 60.7 Å². The highest BCUT2D eigenvalue weighted by atomic mass is 14.8. The van der Waals surface area contributed by atoms with Crippen molar-refractivity contribution in [1.82, 2.24) is 0 Å². The predicted molar refractivity (Wildman–Crippen MR) is 71.2 cm³/mol. The smallest absolute Gasteiger partial charge is 0.106 e. The van der Waals surface area contributed by atoms with Crippen LogP contribution in [0.2, 0.25) is 0 Å². The van der Waals surface area contributed by atoms with Crippen molar-refractivity contribution in [2.75, 3.05) is 0 Å². The van der Waals surface area contributed by atoms with E-state index in [0.29, 0.717) is 5.70 Å². The summed E-state index contributed by atoms with van der Waals surface area (Å²) in [5, 5.41) is 0. The van der Waals surface area contributed by atoms with Gasteiger partial charge in [-0.2, -0.15) is 0 Å². The predicted octanol–water partition coefficient (Wildman–Crippen LogP) is 2.36. The van der Waals surface area contributed by atoms with Gasteiger partial charge in [0.15, 0.2) is 0 Å². The van der Waals surface area contributed by atoms with Crippen LogP contribution in [0, 0.1) is 0 Å². The van der Waals surface area contributed by atoms with Gasteiger partial charge in [0.2, 0.25) is 0 Å².